The Hall–Kier alpha value is -5.59. The Labute approximate surface area is 641 Å². The number of hydrogen-bond donors (Lipinski definition) is 22. The van der Waals surface area contributed by atoms with Gasteiger partial charge in [-0.25, -0.2) is 14.4 Å². The molecule has 2 aromatic carbocycles. The fourth-order valence-electron chi connectivity index (χ4n) is 6.55. The van der Waals surface area contributed by atoms with Crippen LogP contribution in [0.25, 0.3) is 6.08 Å². The zero-order chi connectivity index (χ0) is 89.1. The zero-order valence-corrected chi connectivity index (χ0v) is 70.4. The van der Waals surface area contributed by atoms with Gasteiger partial charge in [0.25, 0.3) is 0 Å². The molecule has 0 radical (unpaired) electrons. The standard InChI is InChI=1S/C15H21O6P.C9H11O3P.C8H16NO4P.C8H15O6P.C7H14NO4P.C6H11O6P.C5H11NO7P2.C2H5O3P/c1-10-7-11(2)14(12(3)8-10)21-15(16)13(4)9-20-5-6-22(17,18)19;1-2-8-3-5-9(6-4-8)7-13(10,11)12;1-6(2)7(10)9-8(3,4)5-14(11,12)13;1-3-14-8(9)7(2)6-13-4-5-15(10,11)12;1-4-6(9)8-7(2,3)5-13(10,11)12;1-5(6(7)8)4-12-2-3-13(9,10)11;1-3(2)4(7)6-5(14(8,9)10)15(11,12)13;1-2-6(3,4)5/h7-8H,4-6,9H2,1-3H3,(H2,17,18,19);2-6H,1,7H2,(H2,10,11,12);1,5H2,2-4H3,(H,9,10)(H2,11,12,13);2-6H2,1H3,(H2,10,11,12);4H,1,5H2,2-3H3,(H,8,9)(H2,10,11,12);1-4H2,(H,7,8)(H2,9,10,11);5H,1H2,2H3,(H,6,7)(H2,8,9,10)(H2,11,12,13);2H,1H2,(H2,3,4,5). The molecule has 3 amide bonds. The number of carboxylic acid groups (broad SMARTS) is 1. The topological polar surface area (TPSA) is 723 Å². The molecule has 51 heteroatoms. The van der Waals surface area contributed by atoms with Gasteiger partial charge in [-0.15, -0.1) is 0 Å². The Morgan fingerprint density at radius 3 is 1.13 bits per heavy atom. The molecule has 0 aliphatic rings. The third-order valence-electron chi connectivity index (χ3n) is 11.2. The summed E-state index contributed by atoms with van der Waals surface area (Å²) in [4.78, 5) is 219. The number of hydrogen-bond acceptors (Lipinski definition) is 20. The van der Waals surface area contributed by atoms with Crippen LogP contribution in [-0.2, 0) is 95.0 Å². The van der Waals surface area contributed by atoms with Gasteiger partial charge in [0.05, 0.1) is 99.9 Å². The van der Waals surface area contributed by atoms with E-state index in [1.54, 1.807) is 51.1 Å². The molecule has 42 nitrogen and oxygen atoms in total. The van der Waals surface area contributed by atoms with Crippen LogP contribution < -0.4 is 20.7 Å². The average molecular weight is 1770 g/mol. The SMILES string of the molecule is C=C(C)C(=O)NC(C)(C)CP(=O)(O)O.C=C(C)C(=O)NC(P(=O)(O)O)P(=O)(O)O.C=C(COCCP(=O)(O)O)C(=O)O.C=C(COCCP(=O)(O)O)C(=O)OCC.C=C(COCCP(=O)(O)O)C(=O)Oc1c(C)cc(C)cc1C.C=CC(=O)NC(C)(C)CP(=O)(O)O.C=CP(=O)(O)O.C=Cc1ccc(CP(=O)(O)O)cc1. The molecule has 0 heterocycles. The maximum atomic E-state index is 11.9. The molecule has 2 rings (SSSR count). The van der Waals surface area contributed by atoms with Crippen LogP contribution in [0.3, 0.4) is 0 Å². The van der Waals surface area contributed by atoms with Gasteiger partial charge >= 0.3 is 86.3 Å². The molecule has 2 aromatic rings. The third-order valence-corrected chi connectivity index (χ3v) is 20.5. The van der Waals surface area contributed by atoms with Crippen LogP contribution in [0, 0.1) is 20.8 Å². The number of aliphatic carboxylic acids is 1. The molecule has 0 bridgehead atoms. The fraction of sp³-hybridized carbons (Fsp3) is 0.433. The van der Waals surface area contributed by atoms with Crippen LogP contribution >= 0.6 is 68.4 Å². The molecule has 0 saturated carbocycles. The number of nitrogens with one attached hydrogen (secondary N) is 3. The summed E-state index contributed by atoms with van der Waals surface area (Å²) in [6, 6.07) is 10.8. The van der Waals surface area contributed by atoms with Gasteiger partial charge in [0.1, 0.15) is 5.75 Å². The van der Waals surface area contributed by atoms with Crippen LogP contribution in [0.1, 0.15) is 76.3 Å². The maximum absolute atomic E-state index is 11.9. The minimum absolute atomic E-state index is 0.0845. The van der Waals surface area contributed by atoms with Gasteiger partial charge in [-0.1, -0.05) is 101 Å². The van der Waals surface area contributed by atoms with Gasteiger partial charge in [-0.2, -0.15) is 0 Å². The quantitative estimate of drug-likeness (QED) is 0.0142. The Morgan fingerprint density at radius 1 is 0.505 bits per heavy atom. The van der Waals surface area contributed by atoms with Crippen molar-refractivity contribution in [3.63, 3.8) is 0 Å². The molecule has 0 atom stereocenters. The van der Waals surface area contributed by atoms with E-state index in [-0.39, 0.29) is 93.2 Å². The van der Waals surface area contributed by atoms with Crippen molar-refractivity contribution in [3.8, 4) is 5.75 Å². The number of amides is 3. The van der Waals surface area contributed by atoms with E-state index in [0.717, 1.165) is 28.3 Å². The number of carbonyl (C=O) groups excluding carboxylic acids is 5. The van der Waals surface area contributed by atoms with Crippen LogP contribution in [0.15, 0.2) is 129 Å². The first-order valence-corrected chi connectivity index (χ1v) is 46.5. The minimum atomic E-state index is -5.13. The smallest absolute Gasteiger partial charge is 0.360 e. The lowest BCUT2D eigenvalue weighted by Crippen LogP contribution is -2.46. The number of aryl methyl sites for hydroxylation is 3. The van der Waals surface area contributed by atoms with Crippen molar-refractivity contribution in [1.82, 2.24) is 16.0 Å². The molecule has 638 valence electrons. The van der Waals surface area contributed by atoms with Crippen LogP contribution in [0.2, 0.25) is 0 Å². The summed E-state index contributed by atoms with van der Waals surface area (Å²) in [6.45, 7) is 42.0. The largest absolute Gasteiger partial charge is 0.478 e. The van der Waals surface area contributed by atoms with Gasteiger partial charge < -0.3 is 133 Å². The second-order valence-electron chi connectivity index (χ2n) is 24.0. The molecule has 0 aliphatic carbocycles. The highest BCUT2D eigenvalue weighted by molar-refractivity contribution is 7.70. The molecule has 0 unspecified atom stereocenters. The second-order valence-corrected chi connectivity index (χ2v) is 39.6. The predicted molar refractivity (Wildman–Crippen MR) is 410 cm³/mol. The summed E-state index contributed by atoms with van der Waals surface area (Å²) in [6.07, 6.45) is 0.570. The third kappa shape index (κ3) is 74.3. The lowest BCUT2D eigenvalue weighted by atomic mass is 10.1. The second kappa shape index (κ2) is 53.5. The van der Waals surface area contributed by atoms with E-state index in [9.17, 15) is 69.9 Å². The number of carboxylic acids is 1. The van der Waals surface area contributed by atoms with Gasteiger partial charge in [-0.05, 0) is 97.6 Å². The number of rotatable bonds is 36. The number of carbonyl (C=O) groups is 6. The van der Waals surface area contributed by atoms with Gasteiger partial charge in [0.15, 0.2) is 0 Å². The van der Waals surface area contributed by atoms with Crippen molar-refractivity contribution in [2.75, 3.05) is 77.1 Å². The zero-order valence-electron chi connectivity index (χ0n) is 62.3. The number of benzene rings is 2. The van der Waals surface area contributed by atoms with Crippen molar-refractivity contribution in [1.29, 1.82) is 0 Å². The van der Waals surface area contributed by atoms with Crippen molar-refractivity contribution < 1.29 is 187 Å². The highest BCUT2D eigenvalue weighted by Gasteiger charge is 2.44. The van der Waals surface area contributed by atoms with E-state index in [1.165, 1.54) is 33.0 Å². The van der Waals surface area contributed by atoms with Gasteiger partial charge in [0, 0.05) is 28.0 Å². The van der Waals surface area contributed by atoms with E-state index >= 15 is 0 Å². The molecule has 0 aliphatic heterocycles. The molecule has 0 saturated heterocycles. The van der Waals surface area contributed by atoms with Gasteiger partial charge in [0.2, 0.25) is 23.2 Å². The predicted octanol–water partition coefficient (Wildman–Crippen LogP) is 4.90. The normalized spacial score (nSPS) is 11.7. The molecule has 0 aromatic heterocycles. The number of ether oxygens (including phenoxy) is 5. The van der Waals surface area contributed by atoms with E-state index in [0.29, 0.717) is 22.7 Å². The summed E-state index contributed by atoms with van der Waals surface area (Å²) in [5, 5.41) is 14.7. The Kier molecular flexibility index (Phi) is 56.1. The summed E-state index contributed by atoms with van der Waals surface area (Å²) in [7, 11) is -38.5. The first-order chi connectivity index (χ1) is 49.5. The summed E-state index contributed by atoms with van der Waals surface area (Å²) in [5.74, 6) is -3.15. The fourth-order valence-corrected chi connectivity index (χ4v) is 12.7. The van der Waals surface area contributed by atoms with Crippen molar-refractivity contribution in [2.45, 2.75) is 92.0 Å². The van der Waals surface area contributed by atoms with E-state index in [1.807, 2.05) is 32.9 Å². The van der Waals surface area contributed by atoms with Gasteiger partial charge in [-0.3, -0.25) is 55.5 Å². The van der Waals surface area contributed by atoms with Crippen molar-refractivity contribution in [3.05, 3.63) is 157 Å². The van der Waals surface area contributed by atoms with Crippen molar-refractivity contribution in [2.24, 2.45) is 0 Å². The molecule has 0 fully saturated rings. The Morgan fingerprint density at radius 2 is 0.847 bits per heavy atom. The lowest BCUT2D eigenvalue weighted by Gasteiger charge is -2.26. The molecule has 22 N–H and O–H groups in total. The van der Waals surface area contributed by atoms with E-state index < -0.39 is 133 Å². The van der Waals surface area contributed by atoms with E-state index in [2.05, 4.69) is 72.7 Å². The maximum Gasteiger partial charge on any atom is 0.360 e. The average Bonchev–Trinajstić information content (AvgIpc) is 0.848. The first-order valence-electron chi connectivity index (χ1n) is 30.7. The molecule has 111 heavy (non-hydrogen) atoms. The highest BCUT2D eigenvalue weighted by atomic mass is 31.2. The van der Waals surface area contributed by atoms with Crippen LogP contribution in [0.5, 0.6) is 5.75 Å². The minimum Gasteiger partial charge on any atom is -0.478 e. The van der Waals surface area contributed by atoms with Crippen LogP contribution in [-0.4, -0.2) is 222 Å². The summed E-state index contributed by atoms with van der Waals surface area (Å²) in [5.41, 5.74) is 0.211. The monoisotopic (exact) mass is 1770 g/mol. The Bertz CT molecular complexity index is 3890. The highest BCUT2D eigenvalue weighted by Crippen LogP contribution is 2.58. The van der Waals surface area contributed by atoms with Crippen LogP contribution in [0.4, 0.5) is 0 Å². The molecular weight excluding hydrogens is 1670 g/mol. The summed E-state index contributed by atoms with van der Waals surface area (Å²) < 4.78 is 119. The lowest BCUT2D eigenvalue weighted by molar-refractivity contribution is -0.139. The first kappa shape index (κ1) is 116. The molecular formula is C60H104N3O39P9. The Balaban J connectivity index is -0.000000288. The van der Waals surface area contributed by atoms with E-state index in [4.69, 9.17) is 107 Å². The number of esters is 2. The van der Waals surface area contributed by atoms with Crippen molar-refractivity contribution >= 4 is 110 Å². The summed E-state index contributed by atoms with van der Waals surface area (Å²) >= 11 is 0. The molecule has 0 spiro atoms.